The number of amides is 1. The standard InChI is InChI=1S/C22H22N2O6/c1-12-8-13(2)21-17(9-12)18(24-30-21)11-20(26)23-19(22(27)28)10-15-4-6-16(7-5-15)29-14(3)25/h4-9,19H,10-11H2,1-3H3,(H,23,26)(H,27,28). The molecule has 1 amide bonds. The van der Waals surface area contributed by atoms with Gasteiger partial charge in [-0.25, -0.2) is 4.79 Å². The molecular weight excluding hydrogens is 388 g/mol. The van der Waals surface area contributed by atoms with Crippen molar-refractivity contribution in [1.29, 1.82) is 0 Å². The summed E-state index contributed by atoms with van der Waals surface area (Å²) in [5.41, 5.74) is 3.70. The molecule has 0 aliphatic rings. The van der Waals surface area contributed by atoms with Crippen molar-refractivity contribution >= 4 is 28.8 Å². The SMILES string of the molecule is CC(=O)Oc1ccc(CC(NC(=O)Cc2noc3c(C)cc(C)cc23)C(=O)O)cc1. The maximum Gasteiger partial charge on any atom is 0.326 e. The van der Waals surface area contributed by atoms with Gasteiger partial charge in [0.1, 0.15) is 17.5 Å². The van der Waals surface area contributed by atoms with Crippen LogP contribution >= 0.6 is 0 Å². The third-order valence-electron chi connectivity index (χ3n) is 4.56. The Morgan fingerprint density at radius 3 is 2.50 bits per heavy atom. The zero-order valence-corrected chi connectivity index (χ0v) is 16.9. The van der Waals surface area contributed by atoms with E-state index < -0.39 is 23.9 Å². The molecule has 1 atom stereocenters. The minimum atomic E-state index is -1.15. The molecular formula is C22H22N2O6. The lowest BCUT2D eigenvalue weighted by molar-refractivity contribution is -0.141. The summed E-state index contributed by atoms with van der Waals surface area (Å²) < 4.78 is 10.3. The summed E-state index contributed by atoms with van der Waals surface area (Å²) in [7, 11) is 0. The molecule has 30 heavy (non-hydrogen) atoms. The van der Waals surface area contributed by atoms with Crippen LogP contribution in [-0.4, -0.2) is 34.2 Å². The van der Waals surface area contributed by atoms with Gasteiger partial charge in [0.15, 0.2) is 5.58 Å². The zero-order valence-electron chi connectivity index (χ0n) is 16.9. The van der Waals surface area contributed by atoms with Crippen LogP contribution in [0.5, 0.6) is 5.75 Å². The molecule has 1 heterocycles. The monoisotopic (exact) mass is 410 g/mol. The van der Waals surface area contributed by atoms with Crippen LogP contribution in [0.25, 0.3) is 11.0 Å². The lowest BCUT2D eigenvalue weighted by atomic mass is 10.0. The van der Waals surface area contributed by atoms with Gasteiger partial charge >= 0.3 is 11.9 Å². The fourth-order valence-electron chi connectivity index (χ4n) is 3.26. The van der Waals surface area contributed by atoms with Crippen LogP contribution in [-0.2, 0) is 27.2 Å². The molecule has 2 aromatic carbocycles. The molecule has 0 bridgehead atoms. The number of fused-ring (bicyclic) bond motifs is 1. The van der Waals surface area contributed by atoms with E-state index in [1.807, 2.05) is 26.0 Å². The molecule has 0 fully saturated rings. The second kappa shape index (κ2) is 8.77. The largest absolute Gasteiger partial charge is 0.480 e. The number of aromatic nitrogens is 1. The molecule has 0 radical (unpaired) electrons. The van der Waals surface area contributed by atoms with Crippen LogP contribution in [0.15, 0.2) is 40.9 Å². The molecule has 156 valence electrons. The van der Waals surface area contributed by atoms with Crippen LogP contribution in [0, 0.1) is 13.8 Å². The quantitative estimate of drug-likeness (QED) is 0.454. The third-order valence-corrected chi connectivity index (χ3v) is 4.56. The first-order valence-electron chi connectivity index (χ1n) is 9.38. The summed E-state index contributed by atoms with van der Waals surface area (Å²) in [6, 6.07) is 9.19. The van der Waals surface area contributed by atoms with E-state index in [9.17, 15) is 19.5 Å². The number of hydrogen-bond acceptors (Lipinski definition) is 6. The first kappa shape index (κ1) is 21.0. The van der Waals surface area contributed by atoms with Crippen molar-refractivity contribution in [2.45, 2.75) is 39.7 Å². The molecule has 1 unspecified atom stereocenters. The number of ether oxygens (including phenoxy) is 1. The summed E-state index contributed by atoms with van der Waals surface area (Å²) in [6.07, 6.45) is -0.00966. The van der Waals surface area contributed by atoms with E-state index in [1.165, 1.54) is 6.92 Å². The smallest absolute Gasteiger partial charge is 0.326 e. The minimum Gasteiger partial charge on any atom is -0.480 e. The van der Waals surface area contributed by atoms with Gasteiger partial charge in [0.25, 0.3) is 0 Å². The van der Waals surface area contributed by atoms with Crippen LogP contribution < -0.4 is 10.1 Å². The highest BCUT2D eigenvalue weighted by Crippen LogP contribution is 2.24. The maximum atomic E-state index is 12.5. The number of benzene rings is 2. The van der Waals surface area contributed by atoms with Gasteiger partial charge in [-0.2, -0.15) is 0 Å². The Kier molecular flexibility index (Phi) is 6.15. The fraction of sp³-hybridized carbons (Fsp3) is 0.273. The average molecular weight is 410 g/mol. The molecule has 3 rings (SSSR count). The van der Waals surface area contributed by atoms with Gasteiger partial charge in [0.2, 0.25) is 5.91 Å². The van der Waals surface area contributed by atoms with Gasteiger partial charge in [-0.1, -0.05) is 23.4 Å². The Bertz CT molecular complexity index is 1100. The third kappa shape index (κ3) is 5.02. The Hall–Kier alpha value is -3.68. The van der Waals surface area contributed by atoms with E-state index in [0.29, 0.717) is 22.6 Å². The van der Waals surface area contributed by atoms with Crippen LogP contribution in [0.1, 0.15) is 29.3 Å². The molecule has 0 aliphatic heterocycles. The van der Waals surface area contributed by atoms with E-state index in [-0.39, 0.29) is 12.8 Å². The number of aliphatic carboxylic acids is 1. The summed E-state index contributed by atoms with van der Waals surface area (Å²) in [6.45, 7) is 5.14. The van der Waals surface area contributed by atoms with E-state index in [0.717, 1.165) is 16.5 Å². The number of carbonyl (C=O) groups is 3. The van der Waals surface area contributed by atoms with Gasteiger partial charge in [-0.05, 0) is 48.7 Å². The molecule has 3 aromatic rings. The van der Waals surface area contributed by atoms with Gasteiger partial charge in [-0.3, -0.25) is 9.59 Å². The number of carboxylic acid groups (broad SMARTS) is 1. The lowest BCUT2D eigenvalue weighted by Crippen LogP contribution is -2.43. The average Bonchev–Trinajstić information content (AvgIpc) is 3.05. The number of esters is 1. The highest BCUT2D eigenvalue weighted by atomic mass is 16.5. The molecule has 2 N–H and O–H groups in total. The number of carbonyl (C=O) groups excluding carboxylic acids is 2. The Labute approximate surface area is 172 Å². The highest BCUT2D eigenvalue weighted by Gasteiger charge is 2.22. The summed E-state index contributed by atoms with van der Waals surface area (Å²) in [4.78, 5) is 35.1. The van der Waals surface area contributed by atoms with E-state index in [1.54, 1.807) is 24.3 Å². The van der Waals surface area contributed by atoms with E-state index in [2.05, 4.69) is 10.5 Å². The topological polar surface area (TPSA) is 119 Å². The summed E-state index contributed by atoms with van der Waals surface area (Å²) in [5, 5.41) is 16.8. The second-order valence-corrected chi connectivity index (χ2v) is 7.16. The predicted octanol–water partition coefficient (Wildman–Crippen LogP) is 2.72. The number of carboxylic acids is 1. The van der Waals surface area contributed by atoms with E-state index >= 15 is 0 Å². The van der Waals surface area contributed by atoms with Gasteiger partial charge < -0.3 is 19.7 Å². The first-order valence-corrected chi connectivity index (χ1v) is 9.38. The second-order valence-electron chi connectivity index (χ2n) is 7.16. The van der Waals surface area contributed by atoms with Crippen LogP contribution in [0.4, 0.5) is 0 Å². The van der Waals surface area contributed by atoms with Crippen molar-refractivity contribution in [3.8, 4) is 5.75 Å². The van der Waals surface area contributed by atoms with Gasteiger partial charge in [0, 0.05) is 18.7 Å². The summed E-state index contributed by atoms with van der Waals surface area (Å²) in [5.74, 6) is -1.69. The fourth-order valence-corrected chi connectivity index (χ4v) is 3.26. The molecule has 0 saturated heterocycles. The summed E-state index contributed by atoms with van der Waals surface area (Å²) >= 11 is 0. The van der Waals surface area contributed by atoms with Gasteiger partial charge in [-0.15, -0.1) is 0 Å². The number of rotatable bonds is 7. The predicted molar refractivity (Wildman–Crippen MR) is 108 cm³/mol. The Morgan fingerprint density at radius 1 is 1.17 bits per heavy atom. The lowest BCUT2D eigenvalue weighted by Gasteiger charge is -2.14. The molecule has 0 saturated carbocycles. The van der Waals surface area contributed by atoms with Crippen molar-refractivity contribution in [1.82, 2.24) is 10.5 Å². The van der Waals surface area contributed by atoms with E-state index in [4.69, 9.17) is 9.26 Å². The molecule has 0 aliphatic carbocycles. The number of nitrogens with zero attached hydrogens (tertiary/aromatic N) is 1. The molecule has 1 aromatic heterocycles. The molecule has 8 heteroatoms. The first-order chi connectivity index (χ1) is 14.2. The Morgan fingerprint density at radius 2 is 1.87 bits per heavy atom. The van der Waals surface area contributed by atoms with Crippen molar-refractivity contribution in [2.24, 2.45) is 0 Å². The van der Waals surface area contributed by atoms with Gasteiger partial charge in [0.05, 0.1) is 6.42 Å². The van der Waals surface area contributed by atoms with Crippen molar-refractivity contribution < 1.29 is 28.8 Å². The van der Waals surface area contributed by atoms with Crippen LogP contribution in [0.3, 0.4) is 0 Å². The highest BCUT2D eigenvalue weighted by molar-refractivity contribution is 5.90. The minimum absolute atomic E-state index is 0.0825. The Balaban J connectivity index is 1.69. The maximum absolute atomic E-state index is 12.5. The number of hydrogen-bond donors (Lipinski definition) is 2. The normalized spacial score (nSPS) is 11.8. The number of nitrogens with one attached hydrogen (secondary N) is 1. The molecule has 0 spiro atoms. The number of aryl methyl sites for hydroxylation is 2. The van der Waals surface area contributed by atoms with Crippen molar-refractivity contribution in [3.05, 3.63) is 58.8 Å². The molecule has 8 nitrogen and oxygen atoms in total. The zero-order chi connectivity index (χ0) is 21.8. The van der Waals surface area contributed by atoms with Crippen molar-refractivity contribution in [2.75, 3.05) is 0 Å². The van der Waals surface area contributed by atoms with Crippen LogP contribution in [0.2, 0.25) is 0 Å². The van der Waals surface area contributed by atoms with Crippen molar-refractivity contribution in [3.63, 3.8) is 0 Å².